The molecule has 0 spiro atoms. The Kier molecular flexibility index (Phi) is 13.5. The monoisotopic (exact) mass is 543 g/mol. The quantitative estimate of drug-likeness (QED) is 0.0697. The van der Waals surface area contributed by atoms with Crippen LogP contribution < -0.4 is 9.47 Å². The van der Waals surface area contributed by atoms with Gasteiger partial charge in [0.25, 0.3) is 0 Å². The molecule has 0 atom stereocenters. The van der Waals surface area contributed by atoms with E-state index in [1.807, 2.05) is 36.5 Å². The van der Waals surface area contributed by atoms with Gasteiger partial charge in [0.1, 0.15) is 11.5 Å². The van der Waals surface area contributed by atoms with E-state index in [9.17, 15) is 9.59 Å². The molecule has 40 heavy (non-hydrogen) atoms. The van der Waals surface area contributed by atoms with Crippen molar-refractivity contribution in [1.29, 1.82) is 0 Å². The van der Waals surface area contributed by atoms with E-state index in [4.69, 9.17) is 14.2 Å². The fraction of sp³-hybridized carbons (Fsp3) is 0.382. The highest BCUT2D eigenvalue weighted by Crippen LogP contribution is 2.22. The minimum atomic E-state index is -0.402. The van der Waals surface area contributed by atoms with Gasteiger partial charge >= 0.3 is 11.9 Å². The zero-order valence-electron chi connectivity index (χ0n) is 23.6. The summed E-state index contributed by atoms with van der Waals surface area (Å²) in [6.45, 7) is 6.64. The van der Waals surface area contributed by atoms with Crippen LogP contribution in [0.1, 0.15) is 80.6 Å². The van der Waals surface area contributed by atoms with E-state index in [0.717, 1.165) is 49.1 Å². The van der Waals surface area contributed by atoms with Crippen LogP contribution in [0.5, 0.6) is 11.5 Å². The lowest BCUT2D eigenvalue weighted by molar-refractivity contribution is -0.137. The second kappa shape index (κ2) is 17.6. The summed E-state index contributed by atoms with van der Waals surface area (Å²) in [4.78, 5) is 28.0. The van der Waals surface area contributed by atoms with E-state index in [0.29, 0.717) is 24.5 Å². The molecule has 0 amide bonds. The van der Waals surface area contributed by atoms with E-state index < -0.39 is 5.97 Å². The Morgan fingerprint density at radius 3 is 1.93 bits per heavy atom. The number of aryl methyl sites for hydroxylation is 1. The average molecular weight is 544 g/mol. The van der Waals surface area contributed by atoms with Gasteiger partial charge in [-0.1, -0.05) is 64.5 Å². The van der Waals surface area contributed by atoms with E-state index >= 15 is 0 Å². The van der Waals surface area contributed by atoms with Crippen molar-refractivity contribution in [1.82, 2.24) is 4.98 Å². The van der Waals surface area contributed by atoms with Crippen LogP contribution in [-0.2, 0) is 16.0 Å². The molecule has 1 aromatic heterocycles. The summed E-state index contributed by atoms with van der Waals surface area (Å²) in [6, 6.07) is 18.5. The molecule has 212 valence electrons. The van der Waals surface area contributed by atoms with Gasteiger partial charge in [0.15, 0.2) is 0 Å². The lowest BCUT2D eigenvalue weighted by Gasteiger charge is -2.08. The first-order valence-corrected chi connectivity index (χ1v) is 14.4. The van der Waals surface area contributed by atoms with Crippen molar-refractivity contribution in [3.05, 3.63) is 90.6 Å². The van der Waals surface area contributed by atoms with Gasteiger partial charge in [-0.05, 0) is 79.4 Å². The largest absolute Gasteiger partial charge is 0.494 e. The van der Waals surface area contributed by atoms with E-state index in [1.165, 1.54) is 43.7 Å². The van der Waals surface area contributed by atoms with E-state index in [1.54, 1.807) is 24.3 Å². The maximum atomic E-state index is 12.6. The first kappa shape index (κ1) is 30.6. The molecule has 0 unspecified atom stereocenters. The number of esters is 2. The molecule has 0 fully saturated rings. The van der Waals surface area contributed by atoms with Crippen LogP contribution in [0.3, 0.4) is 0 Å². The molecule has 3 aromatic rings. The van der Waals surface area contributed by atoms with E-state index in [2.05, 4.69) is 24.6 Å². The Hall–Kier alpha value is -3.93. The van der Waals surface area contributed by atoms with Gasteiger partial charge in [0.05, 0.1) is 24.5 Å². The molecule has 0 N–H and O–H groups in total. The van der Waals surface area contributed by atoms with Crippen molar-refractivity contribution in [3.63, 3.8) is 0 Å². The molecule has 3 rings (SSSR count). The molecule has 6 heteroatoms. The van der Waals surface area contributed by atoms with Crippen molar-refractivity contribution in [2.24, 2.45) is 0 Å². The minimum absolute atomic E-state index is 0.341. The number of nitrogens with zero attached hydrogens (tertiary/aromatic N) is 1. The summed E-state index contributed by atoms with van der Waals surface area (Å²) in [5.41, 5.74) is 3.54. The van der Waals surface area contributed by atoms with Crippen LogP contribution in [0.15, 0.2) is 79.5 Å². The Morgan fingerprint density at radius 2 is 1.35 bits per heavy atom. The highest BCUT2D eigenvalue weighted by Gasteiger charge is 2.10. The van der Waals surface area contributed by atoms with Crippen molar-refractivity contribution < 1.29 is 23.8 Å². The van der Waals surface area contributed by atoms with Crippen LogP contribution in [-0.4, -0.2) is 30.1 Å². The lowest BCUT2D eigenvalue weighted by Crippen LogP contribution is -2.08. The van der Waals surface area contributed by atoms with Crippen LogP contribution in [0, 0.1) is 0 Å². The Labute approximate surface area is 238 Å². The molecule has 0 saturated carbocycles. The Morgan fingerprint density at radius 1 is 0.750 bits per heavy atom. The number of ether oxygens (including phenoxy) is 3. The summed E-state index contributed by atoms with van der Waals surface area (Å²) in [7, 11) is 0. The molecule has 0 bridgehead atoms. The third kappa shape index (κ3) is 11.0. The third-order valence-electron chi connectivity index (χ3n) is 6.65. The first-order chi connectivity index (χ1) is 19.6. The van der Waals surface area contributed by atoms with Crippen molar-refractivity contribution in [3.8, 4) is 22.8 Å². The Bertz CT molecular complexity index is 1170. The summed E-state index contributed by atoms with van der Waals surface area (Å²) >= 11 is 0. The average Bonchev–Trinajstić information content (AvgIpc) is 3.00. The number of benzene rings is 2. The number of pyridine rings is 1. The molecule has 1 heterocycles. The molecule has 0 radical (unpaired) electrons. The molecular weight excluding hydrogens is 502 g/mol. The lowest BCUT2D eigenvalue weighted by atomic mass is 10.1. The number of carbonyl (C=O) groups is 2. The number of hydrogen-bond acceptors (Lipinski definition) is 6. The molecule has 0 aliphatic carbocycles. The van der Waals surface area contributed by atoms with Gasteiger partial charge in [0.2, 0.25) is 0 Å². The molecule has 0 saturated heterocycles. The number of hydrogen-bond donors (Lipinski definition) is 0. The molecule has 0 aliphatic rings. The van der Waals surface area contributed by atoms with Crippen LogP contribution in [0.2, 0.25) is 0 Å². The molecular formula is C34H41NO5. The number of carbonyl (C=O) groups excluding carboxylic acids is 2. The Balaban J connectivity index is 1.25. The van der Waals surface area contributed by atoms with Crippen LogP contribution >= 0.6 is 0 Å². The second-order valence-electron chi connectivity index (χ2n) is 9.75. The highest BCUT2D eigenvalue weighted by atomic mass is 16.5. The van der Waals surface area contributed by atoms with Gasteiger partial charge < -0.3 is 14.2 Å². The predicted molar refractivity (Wildman–Crippen MR) is 159 cm³/mol. The van der Waals surface area contributed by atoms with Gasteiger partial charge in [-0.15, -0.1) is 0 Å². The van der Waals surface area contributed by atoms with Gasteiger partial charge in [0, 0.05) is 17.8 Å². The second-order valence-corrected chi connectivity index (χ2v) is 9.75. The molecule has 0 aliphatic heterocycles. The minimum Gasteiger partial charge on any atom is -0.494 e. The fourth-order valence-corrected chi connectivity index (χ4v) is 4.21. The van der Waals surface area contributed by atoms with Crippen molar-refractivity contribution >= 4 is 11.9 Å². The summed E-state index contributed by atoms with van der Waals surface area (Å²) in [5, 5.41) is 0. The SMILES string of the molecule is C=CC(=O)OCCCCCCCCCCCOc1ccc(C(=O)Oc2ccc(-c3ccc(CC)cn3)cc2)cc1. The third-order valence-corrected chi connectivity index (χ3v) is 6.65. The van der Waals surface area contributed by atoms with Gasteiger partial charge in [-0.2, -0.15) is 0 Å². The number of unbranched alkanes of at least 4 members (excludes halogenated alkanes) is 8. The van der Waals surface area contributed by atoms with Crippen molar-refractivity contribution in [2.45, 2.75) is 71.1 Å². The normalized spacial score (nSPS) is 10.6. The highest BCUT2D eigenvalue weighted by molar-refractivity contribution is 5.91. The molecule has 6 nitrogen and oxygen atoms in total. The maximum absolute atomic E-state index is 12.6. The first-order valence-electron chi connectivity index (χ1n) is 14.4. The predicted octanol–water partition coefficient (Wildman–Crippen LogP) is 8.15. The fourth-order valence-electron chi connectivity index (χ4n) is 4.21. The summed E-state index contributed by atoms with van der Waals surface area (Å²) < 4.78 is 16.3. The summed E-state index contributed by atoms with van der Waals surface area (Å²) in [5.74, 6) is 0.499. The van der Waals surface area contributed by atoms with E-state index in [-0.39, 0.29) is 5.97 Å². The maximum Gasteiger partial charge on any atom is 0.343 e. The van der Waals surface area contributed by atoms with Gasteiger partial charge in [-0.3, -0.25) is 4.98 Å². The zero-order valence-corrected chi connectivity index (χ0v) is 23.6. The van der Waals surface area contributed by atoms with Crippen LogP contribution in [0.25, 0.3) is 11.3 Å². The topological polar surface area (TPSA) is 74.7 Å². The van der Waals surface area contributed by atoms with Crippen molar-refractivity contribution in [2.75, 3.05) is 13.2 Å². The standard InChI is InChI=1S/C34H41NO5/c1-3-27-14-23-32(35-26-27)28-15-21-31(22-16-28)40-34(37)29-17-19-30(20-18-29)38-24-12-10-8-6-5-7-9-11-13-25-39-33(36)4-2/h4,14-23,26H,2-3,5-13,24-25H2,1H3. The number of aromatic nitrogens is 1. The van der Waals surface area contributed by atoms with Gasteiger partial charge in [-0.25, -0.2) is 9.59 Å². The zero-order chi connectivity index (χ0) is 28.4. The van der Waals surface area contributed by atoms with Crippen LogP contribution in [0.4, 0.5) is 0 Å². The smallest absolute Gasteiger partial charge is 0.343 e. The molecule has 2 aromatic carbocycles. The summed E-state index contributed by atoms with van der Waals surface area (Å²) in [6.07, 6.45) is 14.3. The number of rotatable bonds is 18.